The quantitative estimate of drug-likeness (QED) is 0.151. The van der Waals surface area contributed by atoms with Crippen LogP contribution in [0.3, 0.4) is 0 Å². The van der Waals surface area contributed by atoms with Crippen molar-refractivity contribution in [1.82, 2.24) is 0 Å². The summed E-state index contributed by atoms with van der Waals surface area (Å²) in [4.78, 5) is 25.9. The van der Waals surface area contributed by atoms with Crippen LogP contribution in [0.25, 0.3) is 6.08 Å². The Bertz CT molecular complexity index is 1480. The second-order valence-electron chi connectivity index (χ2n) is 7.66. The van der Waals surface area contributed by atoms with Gasteiger partial charge in [0.15, 0.2) is 5.78 Å². The van der Waals surface area contributed by atoms with Crippen LogP contribution in [-0.2, 0) is 22.6 Å². The minimum absolute atomic E-state index is 0.116. The summed E-state index contributed by atoms with van der Waals surface area (Å²) in [6.07, 6.45) is 1.15. The van der Waals surface area contributed by atoms with E-state index in [0.29, 0.717) is 42.4 Å². The van der Waals surface area contributed by atoms with Crippen molar-refractivity contribution in [3.8, 4) is 17.9 Å². The number of ketones is 1. The lowest BCUT2D eigenvalue weighted by molar-refractivity contribution is -0.114. The number of hydrogen-bond donors (Lipinski definition) is 0. The molecule has 0 saturated carbocycles. The molecule has 0 aliphatic carbocycles. The van der Waals surface area contributed by atoms with Crippen molar-refractivity contribution in [2.75, 3.05) is 6.61 Å². The molecule has 0 bridgehead atoms. The number of halogens is 3. The highest BCUT2D eigenvalue weighted by molar-refractivity contribution is 7.14. The van der Waals surface area contributed by atoms with Gasteiger partial charge < -0.3 is 9.47 Å². The van der Waals surface area contributed by atoms with Gasteiger partial charge in [-0.2, -0.15) is 10.5 Å². The summed E-state index contributed by atoms with van der Waals surface area (Å²) in [5.74, 6) is -0.703. The Morgan fingerprint density at radius 2 is 1.78 bits per heavy atom. The molecule has 3 aromatic rings. The van der Waals surface area contributed by atoms with Crippen molar-refractivity contribution in [3.05, 3.63) is 89.0 Å². The van der Waals surface area contributed by atoms with E-state index in [2.05, 4.69) is 0 Å². The van der Waals surface area contributed by atoms with Gasteiger partial charge in [0.1, 0.15) is 29.4 Å². The SMILES string of the molecule is CCOC(=O)c1sc(CC(=O)/C(C#N)=C/c2cc(Cl)ccc2OCc2ccc(Cl)cc2Cl)c(C#N)c1C. The summed E-state index contributed by atoms with van der Waals surface area (Å²) in [5, 5.41) is 20.6. The highest BCUT2D eigenvalue weighted by Crippen LogP contribution is 2.31. The van der Waals surface area contributed by atoms with Crippen molar-refractivity contribution in [1.29, 1.82) is 10.5 Å². The number of esters is 1. The zero-order valence-electron chi connectivity index (χ0n) is 19.7. The first-order chi connectivity index (χ1) is 17.7. The Morgan fingerprint density at radius 3 is 2.43 bits per heavy atom. The van der Waals surface area contributed by atoms with Crippen LogP contribution in [-0.4, -0.2) is 18.4 Å². The molecule has 1 heterocycles. The standard InChI is InChI=1S/C27H19Cl3N2O4S/c1-3-35-27(34)26-15(2)21(13-32)25(37-26)11-23(33)18(12-31)8-17-9-19(28)6-7-24(17)36-14-16-4-5-20(29)10-22(16)30/h4-10H,3,11,14H2,1-2H3/b18-8+. The number of thiophene rings is 1. The fourth-order valence-corrected chi connectivity index (χ4v) is 5.16. The average molecular weight is 574 g/mol. The van der Waals surface area contributed by atoms with Crippen LogP contribution < -0.4 is 4.74 Å². The normalized spacial score (nSPS) is 10.9. The third-order valence-corrected chi connectivity index (χ3v) is 7.30. The van der Waals surface area contributed by atoms with E-state index in [1.54, 1.807) is 50.2 Å². The van der Waals surface area contributed by atoms with Crippen LogP contribution >= 0.6 is 46.1 Å². The Balaban J connectivity index is 1.89. The molecule has 0 saturated heterocycles. The summed E-state index contributed by atoms with van der Waals surface area (Å²) in [7, 11) is 0. The van der Waals surface area contributed by atoms with Crippen LogP contribution in [0.15, 0.2) is 42.0 Å². The maximum absolute atomic E-state index is 13.1. The first kappa shape index (κ1) is 28.2. The molecule has 1 aromatic heterocycles. The van der Waals surface area contributed by atoms with Crippen LogP contribution in [0.2, 0.25) is 15.1 Å². The summed E-state index contributed by atoms with van der Waals surface area (Å²) < 4.78 is 10.9. The van der Waals surface area contributed by atoms with Gasteiger partial charge in [-0.15, -0.1) is 11.3 Å². The van der Waals surface area contributed by atoms with Gasteiger partial charge in [0.25, 0.3) is 0 Å². The van der Waals surface area contributed by atoms with E-state index in [1.165, 1.54) is 6.08 Å². The summed E-state index contributed by atoms with van der Waals surface area (Å²) >= 11 is 19.3. The number of benzene rings is 2. The average Bonchev–Trinajstić information content (AvgIpc) is 3.17. The smallest absolute Gasteiger partial charge is 0.348 e. The fraction of sp³-hybridized carbons (Fsp3) is 0.185. The van der Waals surface area contributed by atoms with Gasteiger partial charge in [0, 0.05) is 37.5 Å². The lowest BCUT2D eigenvalue weighted by Crippen LogP contribution is -2.05. The predicted molar refractivity (Wildman–Crippen MR) is 144 cm³/mol. The molecule has 37 heavy (non-hydrogen) atoms. The first-order valence-corrected chi connectivity index (χ1v) is 12.8. The number of allylic oxidation sites excluding steroid dienone is 1. The van der Waals surface area contributed by atoms with E-state index in [1.807, 2.05) is 12.1 Å². The minimum Gasteiger partial charge on any atom is -0.488 e. The topological polar surface area (TPSA) is 100 Å². The second-order valence-corrected chi connectivity index (χ2v) is 10.0. The number of hydrogen-bond acceptors (Lipinski definition) is 7. The first-order valence-electron chi connectivity index (χ1n) is 10.9. The predicted octanol–water partition coefficient (Wildman–Crippen LogP) is 7.36. The molecule has 188 valence electrons. The minimum atomic E-state index is -0.558. The van der Waals surface area contributed by atoms with Crippen molar-refractivity contribution in [2.45, 2.75) is 26.9 Å². The summed E-state index contributed by atoms with van der Waals surface area (Å²) in [5.41, 5.74) is 1.62. The maximum atomic E-state index is 13.1. The summed E-state index contributed by atoms with van der Waals surface area (Å²) in [6, 6.07) is 13.8. The number of Topliss-reactive ketones (excluding diaryl/α,β-unsaturated/α-hetero) is 1. The van der Waals surface area contributed by atoms with Crippen LogP contribution in [0.4, 0.5) is 0 Å². The summed E-state index contributed by atoms with van der Waals surface area (Å²) in [6.45, 7) is 3.60. The van der Waals surface area contributed by atoms with Gasteiger partial charge in [0.2, 0.25) is 0 Å². The van der Waals surface area contributed by atoms with Gasteiger partial charge in [-0.1, -0.05) is 40.9 Å². The molecule has 0 unspecified atom stereocenters. The number of carbonyl (C=O) groups is 2. The van der Waals surface area contributed by atoms with Crippen molar-refractivity contribution < 1.29 is 19.1 Å². The van der Waals surface area contributed by atoms with Gasteiger partial charge in [-0.25, -0.2) is 4.79 Å². The highest BCUT2D eigenvalue weighted by atomic mass is 35.5. The van der Waals surface area contributed by atoms with E-state index in [0.717, 1.165) is 11.3 Å². The van der Waals surface area contributed by atoms with E-state index in [4.69, 9.17) is 44.3 Å². The zero-order valence-corrected chi connectivity index (χ0v) is 22.8. The van der Waals surface area contributed by atoms with Gasteiger partial charge in [-0.3, -0.25) is 4.79 Å². The maximum Gasteiger partial charge on any atom is 0.348 e. The van der Waals surface area contributed by atoms with E-state index in [9.17, 15) is 20.1 Å². The lowest BCUT2D eigenvalue weighted by atomic mass is 10.0. The Morgan fingerprint density at radius 1 is 1.08 bits per heavy atom. The number of rotatable bonds is 9. The molecule has 0 aliphatic rings. The molecule has 6 nitrogen and oxygen atoms in total. The number of ether oxygens (including phenoxy) is 2. The van der Waals surface area contributed by atoms with Gasteiger partial charge in [0.05, 0.1) is 17.7 Å². The van der Waals surface area contributed by atoms with Gasteiger partial charge >= 0.3 is 5.97 Å². The van der Waals surface area contributed by atoms with Crippen LogP contribution in [0.5, 0.6) is 5.75 Å². The Hall–Kier alpha value is -3.33. The van der Waals surface area contributed by atoms with Crippen molar-refractivity contribution in [2.24, 2.45) is 0 Å². The Labute approximate surface area is 233 Å². The number of nitriles is 2. The molecular formula is C27H19Cl3N2O4S. The molecule has 10 heteroatoms. The molecule has 0 fully saturated rings. The number of nitrogens with zero attached hydrogens (tertiary/aromatic N) is 2. The molecule has 3 rings (SSSR count). The van der Waals surface area contributed by atoms with Crippen molar-refractivity contribution in [3.63, 3.8) is 0 Å². The second kappa shape index (κ2) is 12.8. The van der Waals surface area contributed by atoms with Crippen LogP contribution in [0, 0.1) is 29.6 Å². The highest BCUT2D eigenvalue weighted by Gasteiger charge is 2.23. The molecule has 2 aromatic carbocycles. The molecule has 0 radical (unpaired) electrons. The molecule has 0 amide bonds. The fourth-order valence-electron chi connectivity index (χ4n) is 3.36. The number of carbonyl (C=O) groups excluding carboxylic acids is 2. The zero-order chi connectivity index (χ0) is 27.1. The third kappa shape index (κ3) is 6.91. The molecular weight excluding hydrogens is 555 g/mol. The van der Waals surface area contributed by atoms with Gasteiger partial charge in [-0.05, 0) is 55.8 Å². The molecule has 0 aliphatic heterocycles. The molecule has 0 N–H and O–H groups in total. The van der Waals surface area contributed by atoms with Crippen LogP contribution in [0.1, 0.15) is 43.7 Å². The lowest BCUT2D eigenvalue weighted by Gasteiger charge is -2.11. The van der Waals surface area contributed by atoms with E-state index < -0.39 is 11.8 Å². The van der Waals surface area contributed by atoms with E-state index in [-0.39, 0.29) is 35.6 Å². The Kier molecular flexibility index (Phi) is 9.74. The third-order valence-electron chi connectivity index (χ3n) is 5.20. The molecule has 0 atom stereocenters. The van der Waals surface area contributed by atoms with E-state index >= 15 is 0 Å². The molecule has 0 spiro atoms. The monoisotopic (exact) mass is 572 g/mol. The van der Waals surface area contributed by atoms with Crippen molar-refractivity contribution >= 4 is 64.0 Å². The largest absolute Gasteiger partial charge is 0.488 e.